The van der Waals surface area contributed by atoms with E-state index in [0.717, 1.165) is 0 Å². The van der Waals surface area contributed by atoms with Crippen LogP contribution in [0.4, 0.5) is 4.39 Å². The number of hydrogen-bond donors (Lipinski definition) is 1. The van der Waals surface area contributed by atoms with Crippen molar-refractivity contribution >= 4 is 34.0 Å². The SMILES string of the molecule is Cl.NC1CCN(S(=O)(=O)c2cccc(Cl)c2F)C1. The Morgan fingerprint density at radius 3 is 2.67 bits per heavy atom. The van der Waals surface area contributed by atoms with Gasteiger partial charge in [-0.2, -0.15) is 4.31 Å². The Bertz CT molecular complexity index is 539. The third-order valence-electron chi connectivity index (χ3n) is 2.72. The monoisotopic (exact) mass is 314 g/mol. The van der Waals surface area contributed by atoms with Gasteiger partial charge in [0.05, 0.1) is 5.02 Å². The van der Waals surface area contributed by atoms with E-state index in [2.05, 4.69) is 0 Å². The van der Waals surface area contributed by atoms with E-state index >= 15 is 0 Å². The molecular weight excluding hydrogens is 302 g/mol. The first-order valence-corrected chi connectivity index (χ1v) is 6.94. The molecule has 1 aromatic rings. The summed E-state index contributed by atoms with van der Waals surface area (Å²) >= 11 is 5.57. The summed E-state index contributed by atoms with van der Waals surface area (Å²) in [6.07, 6.45) is 0.585. The molecule has 18 heavy (non-hydrogen) atoms. The predicted octanol–water partition coefficient (Wildman–Crippen LogP) is 1.62. The number of hydrogen-bond acceptors (Lipinski definition) is 3. The zero-order valence-corrected chi connectivity index (χ0v) is 11.7. The molecule has 1 heterocycles. The molecule has 0 spiro atoms. The van der Waals surface area contributed by atoms with Crippen LogP contribution in [0.1, 0.15) is 6.42 Å². The molecule has 1 fully saturated rings. The lowest BCUT2D eigenvalue weighted by Gasteiger charge is -2.16. The highest BCUT2D eigenvalue weighted by Gasteiger charge is 2.33. The first kappa shape index (κ1) is 15.7. The Balaban J connectivity index is 0.00000162. The fraction of sp³-hybridized carbons (Fsp3) is 0.400. The summed E-state index contributed by atoms with van der Waals surface area (Å²) in [5.74, 6) is -0.908. The van der Waals surface area contributed by atoms with Crippen molar-refractivity contribution in [2.45, 2.75) is 17.4 Å². The average Bonchev–Trinajstić information content (AvgIpc) is 2.69. The Morgan fingerprint density at radius 1 is 1.44 bits per heavy atom. The molecule has 1 unspecified atom stereocenters. The molecule has 1 aliphatic heterocycles. The summed E-state index contributed by atoms with van der Waals surface area (Å²) in [6, 6.07) is 3.74. The molecule has 1 aliphatic rings. The van der Waals surface area contributed by atoms with Crippen LogP contribution in [0.15, 0.2) is 23.1 Å². The molecule has 1 aromatic carbocycles. The van der Waals surface area contributed by atoms with Crippen molar-refractivity contribution in [3.8, 4) is 0 Å². The van der Waals surface area contributed by atoms with E-state index in [-0.39, 0.29) is 34.9 Å². The van der Waals surface area contributed by atoms with Crippen LogP contribution >= 0.6 is 24.0 Å². The van der Waals surface area contributed by atoms with Gasteiger partial charge in [0.15, 0.2) is 5.82 Å². The molecule has 1 atom stereocenters. The van der Waals surface area contributed by atoms with E-state index < -0.39 is 15.8 Å². The Kier molecular flexibility index (Phi) is 4.97. The van der Waals surface area contributed by atoms with E-state index in [4.69, 9.17) is 17.3 Å². The highest BCUT2D eigenvalue weighted by atomic mass is 35.5. The number of sulfonamides is 1. The van der Waals surface area contributed by atoms with E-state index in [0.29, 0.717) is 13.0 Å². The van der Waals surface area contributed by atoms with Gasteiger partial charge in [-0.3, -0.25) is 0 Å². The van der Waals surface area contributed by atoms with E-state index in [1.807, 2.05) is 0 Å². The highest BCUT2D eigenvalue weighted by Crippen LogP contribution is 2.26. The van der Waals surface area contributed by atoms with Crippen LogP contribution in [0.2, 0.25) is 5.02 Å². The normalized spacial score (nSPS) is 20.7. The molecule has 0 aromatic heterocycles. The summed E-state index contributed by atoms with van der Waals surface area (Å²) < 4.78 is 39.1. The van der Waals surface area contributed by atoms with Crippen molar-refractivity contribution in [2.75, 3.05) is 13.1 Å². The molecule has 8 heteroatoms. The molecular formula is C10H13Cl2FN2O2S. The van der Waals surface area contributed by atoms with Gasteiger partial charge in [-0.25, -0.2) is 12.8 Å². The third kappa shape index (κ3) is 2.78. The molecule has 0 radical (unpaired) electrons. The van der Waals surface area contributed by atoms with Gasteiger partial charge in [0.25, 0.3) is 0 Å². The smallest absolute Gasteiger partial charge is 0.246 e. The standard InChI is InChI=1S/C10H12ClFN2O2S.ClH/c11-8-2-1-3-9(10(8)12)17(15,16)14-5-4-7(13)6-14;/h1-3,7H,4-6,13H2;1H. The molecule has 4 nitrogen and oxygen atoms in total. The van der Waals surface area contributed by atoms with Gasteiger partial charge in [-0.15, -0.1) is 12.4 Å². The number of rotatable bonds is 2. The van der Waals surface area contributed by atoms with Crippen molar-refractivity contribution in [2.24, 2.45) is 5.73 Å². The molecule has 0 aliphatic carbocycles. The van der Waals surface area contributed by atoms with Crippen molar-refractivity contribution in [3.63, 3.8) is 0 Å². The minimum Gasteiger partial charge on any atom is -0.326 e. The van der Waals surface area contributed by atoms with Crippen LogP contribution in [0, 0.1) is 5.82 Å². The fourth-order valence-corrected chi connectivity index (χ4v) is 3.62. The maximum Gasteiger partial charge on any atom is 0.246 e. The van der Waals surface area contributed by atoms with E-state index in [1.54, 1.807) is 0 Å². The highest BCUT2D eigenvalue weighted by molar-refractivity contribution is 7.89. The van der Waals surface area contributed by atoms with E-state index in [1.165, 1.54) is 22.5 Å². The van der Waals surface area contributed by atoms with Crippen molar-refractivity contribution < 1.29 is 12.8 Å². The second-order valence-corrected chi connectivity index (χ2v) is 6.28. The van der Waals surface area contributed by atoms with E-state index in [9.17, 15) is 12.8 Å². The molecule has 2 rings (SSSR count). The van der Waals surface area contributed by atoms with Gasteiger partial charge in [-0.1, -0.05) is 17.7 Å². The lowest BCUT2D eigenvalue weighted by atomic mass is 10.3. The van der Waals surface area contributed by atoms with Gasteiger partial charge in [0, 0.05) is 19.1 Å². The summed E-state index contributed by atoms with van der Waals surface area (Å²) in [5.41, 5.74) is 5.64. The molecule has 1 saturated heterocycles. The summed E-state index contributed by atoms with van der Waals surface area (Å²) in [6.45, 7) is 0.531. The van der Waals surface area contributed by atoms with Crippen LogP contribution in [-0.4, -0.2) is 31.9 Å². The summed E-state index contributed by atoms with van der Waals surface area (Å²) in [7, 11) is -3.83. The largest absolute Gasteiger partial charge is 0.326 e. The average molecular weight is 315 g/mol. The van der Waals surface area contributed by atoms with Crippen LogP contribution in [-0.2, 0) is 10.0 Å². The van der Waals surface area contributed by atoms with Gasteiger partial charge in [0.2, 0.25) is 10.0 Å². The Labute approximate surface area is 116 Å². The summed E-state index contributed by atoms with van der Waals surface area (Å²) in [5, 5.41) is -0.199. The minimum absolute atomic E-state index is 0. The molecule has 0 amide bonds. The number of benzene rings is 1. The lowest BCUT2D eigenvalue weighted by Crippen LogP contribution is -2.32. The summed E-state index contributed by atoms with van der Waals surface area (Å²) in [4.78, 5) is -0.390. The quantitative estimate of drug-likeness (QED) is 0.902. The predicted molar refractivity (Wildman–Crippen MR) is 70.0 cm³/mol. The third-order valence-corrected chi connectivity index (χ3v) is 4.90. The first-order chi connectivity index (χ1) is 7.93. The van der Waals surface area contributed by atoms with Gasteiger partial charge >= 0.3 is 0 Å². The van der Waals surface area contributed by atoms with Crippen molar-refractivity contribution in [1.29, 1.82) is 0 Å². The minimum atomic E-state index is -3.83. The molecule has 102 valence electrons. The number of nitrogens with two attached hydrogens (primary N) is 1. The van der Waals surface area contributed by atoms with Crippen LogP contribution in [0.5, 0.6) is 0 Å². The Morgan fingerprint density at radius 2 is 2.11 bits per heavy atom. The maximum absolute atomic E-state index is 13.7. The molecule has 0 bridgehead atoms. The number of halogens is 3. The van der Waals surface area contributed by atoms with Crippen molar-refractivity contribution in [1.82, 2.24) is 4.31 Å². The topological polar surface area (TPSA) is 63.4 Å². The molecule has 0 saturated carbocycles. The van der Waals surface area contributed by atoms with Crippen LogP contribution in [0.3, 0.4) is 0 Å². The maximum atomic E-state index is 13.7. The van der Waals surface area contributed by atoms with Gasteiger partial charge < -0.3 is 5.73 Å². The van der Waals surface area contributed by atoms with Crippen molar-refractivity contribution in [3.05, 3.63) is 29.0 Å². The zero-order valence-electron chi connectivity index (χ0n) is 9.34. The van der Waals surface area contributed by atoms with Crippen LogP contribution < -0.4 is 5.73 Å². The second kappa shape index (κ2) is 5.71. The fourth-order valence-electron chi connectivity index (χ4n) is 1.79. The van der Waals surface area contributed by atoms with Gasteiger partial charge in [0.1, 0.15) is 4.90 Å². The van der Waals surface area contributed by atoms with Gasteiger partial charge in [-0.05, 0) is 18.6 Å². The first-order valence-electron chi connectivity index (χ1n) is 5.12. The zero-order chi connectivity index (χ0) is 12.6. The van der Waals surface area contributed by atoms with Crippen LogP contribution in [0.25, 0.3) is 0 Å². The molecule has 2 N–H and O–H groups in total. The Hall–Kier alpha value is -0.400. The lowest BCUT2D eigenvalue weighted by molar-refractivity contribution is 0.465. The number of nitrogens with zero attached hydrogens (tertiary/aromatic N) is 1. The second-order valence-electron chi connectivity index (χ2n) is 3.96.